The predicted molar refractivity (Wildman–Crippen MR) is 176 cm³/mol. The average Bonchev–Trinajstić information content (AvgIpc) is 2.89. The highest BCUT2D eigenvalue weighted by atomic mass is 35.5. The van der Waals surface area contributed by atoms with Crippen molar-refractivity contribution < 1.29 is 18.0 Å². The van der Waals surface area contributed by atoms with E-state index in [9.17, 15) is 18.0 Å². The third-order valence-electron chi connectivity index (χ3n) is 6.86. The second kappa shape index (κ2) is 13.7. The van der Waals surface area contributed by atoms with Gasteiger partial charge < -0.3 is 10.2 Å². The summed E-state index contributed by atoms with van der Waals surface area (Å²) in [6.07, 6.45) is 1.25. The summed E-state index contributed by atoms with van der Waals surface area (Å²) in [5, 5.41) is 3.66. The Bertz CT molecular complexity index is 1510. The fraction of sp³-hybridized carbons (Fsp3) is 0.394. The molecule has 43 heavy (non-hydrogen) atoms. The number of nitrogens with one attached hydrogen (secondary N) is 1. The number of carbonyl (C=O) groups excluding carboxylic acids is 2. The number of rotatable bonds is 10. The third-order valence-corrected chi connectivity index (χ3v) is 8.71. The maximum atomic E-state index is 14.3. The van der Waals surface area contributed by atoms with Gasteiger partial charge in [0.05, 0.1) is 11.9 Å². The van der Waals surface area contributed by atoms with E-state index in [1.807, 2.05) is 63.2 Å². The fourth-order valence-corrected chi connectivity index (χ4v) is 5.97. The Labute approximate surface area is 266 Å². The van der Waals surface area contributed by atoms with Gasteiger partial charge in [-0.25, -0.2) is 8.42 Å². The molecule has 2 amide bonds. The average molecular weight is 647 g/mol. The van der Waals surface area contributed by atoms with E-state index in [2.05, 4.69) is 26.1 Å². The monoisotopic (exact) mass is 645 g/mol. The Morgan fingerprint density at radius 3 is 1.88 bits per heavy atom. The van der Waals surface area contributed by atoms with Crippen LogP contribution in [0.15, 0.2) is 72.8 Å². The molecule has 1 N–H and O–H groups in total. The van der Waals surface area contributed by atoms with Gasteiger partial charge in [-0.3, -0.25) is 13.9 Å². The minimum atomic E-state index is -3.88. The van der Waals surface area contributed by atoms with Gasteiger partial charge in [-0.15, -0.1) is 0 Å². The molecular formula is C33H41Cl2N3O4S. The fourth-order valence-electron chi connectivity index (χ4n) is 4.60. The lowest BCUT2D eigenvalue weighted by Crippen LogP contribution is -2.56. The van der Waals surface area contributed by atoms with Crippen LogP contribution in [0, 0.1) is 0 Å². The molecule has 0 spiro atoms. The highest BCUT2D eigenvalue weighted by Gasteiger charge is 2.35. The number of sulfonamides is 1. The van der Waals surface area contributed by atoms with Crippen molar-refractivity contribution in [1.82, 2.24) is 10.2 Å². The van der Waals surface area contributed by atoms with E-state index >= 15 is 0 Å². The molecule has 0 radical (unpaired) electrons. The maximum absolute atomic E-state index is 14.3. The standard InChI is InChI=1S/C33H41Cl2N3O4S/c1-32(2,3)24-16-18-25(19-17-24)38(43(7,41)42)22-30(39)37(21-26-27(34)14-11-15-28(26)35)29(31(40)36-33(4,5)6)20-23-12-9-8-10-13-23/h8-19,29H,20-22H2,1-7H3,(H,36,40)/t29-/m1/s1. The summed E-state index contributed by atoms with van der Waals surface area (Å²) >= 11 is 13.1. The number of hydrogen-bond donors (Lipinski definition) is 1. The van der Waals surface area contributed by atoms with Gasteiger partial charge in [-0.2, -0.15) is 0 Å². The number of amides is 2. The van der Waals surface area contributed by atoms with Gasteiger partial charge >= 0.3 is 0 Å². The lowest BCUT2D eigenvalue weighted by molar-refractivity contribution is -0.140. The first kappa shape index (κ1) is 34.4. The maximum Gasteiger partial charge on any atom is 0.244 e. The highest BCUT2D eigenvalue weighted by molar-refractivity contribution is 7.92. The molecule has 232 valence electrons. The van der Waals surface area contributed by atoms with Crippen molar-refractivity contribution >= 4 is 50.7 Å². The molecule has 3 rings (SSSR count). The number of nitrogens with zero attached hydrogens (tertiary/aromatic N) is 2. The van der Waals surface area contributed by atoms with E-state index < -0.39 is 34.1 Å². The van der Waals surface area contributed by atoms with Gasteiger partial charge in [0.25, 0.3) is 0 Å². The van der Waals surface area contributed by atoms with Gasteiger partial charge in [-0.05, 0) is 61.6 Å². The van der Waals surface area contributed by atoms with Gasteiger partial charge in [-0.1, -0.05) is 92.5 Å². The molecule has 0 aliphatic heterocycles. The van der Waals surface area contributed by atoms with Crippen LogP contribution >= 0.6 is 23.2 Å². The topological polar surface area (TPSA) is 86.8 Å². The summed E-state index contributed by atoms with van der Waals surface area (Å²) in [5.41, 5.74) is 1.93. The molecule has 0 heterocycles. The smallest absolute Gasteiger partial charge is 0.244 e. The minimum Gasteiger partial charge on any atom is -0.350 e. The number of hydrogen-bond acceptors (Lipinski definition) is 4. The van der Waals surface area contributed by atoms with Crippen LogP contribution in [0.25, 0.3) is 0 Å². The zero-order chi connectivity index (χ0) is 32.2. The number of benzene rings is 3. The van der Waals surface area contributed by atoms with Crippen molar-refractivity contribution in [3.63, 3.8) is 0 Å². The summed E-state index contributed by atoms with van der Waals surface area (Å²) in [7, 11) is -3.88. The van der Waals surface area contributed by atoms with E-state index in [1.54, 1.807) is 30.3 Å². The highest BCUT2D eigenvalue weighted by Crippen LogP contribution is 2.29. The van der Waals surface area contributed by atoms with Crippen LogP contribution in [0.1, 0.15) is 58.2 Å². The zero-order valence-electron chi connectivity index (χ0n) is 25.8. The second-order valence-electron chi connectivity index (χ2n) is 12.7. The molecule has 3 aromatic carbocycles. The number of anilines is 1. The van der Waals surface area contributed by atoms with E-state index in [0.717, 1.165) is 21.7 Å². The quantitative estimate of drug-likeness (QED) is 0.269. The van der Waals surface area contributed by atoms with Crippen molar-refractivity contribution in [2.45, 2.75) is 71.5 Å². The van der Waals surface area contributed by atoms with Gasteiger partial charge in [0.1, 0.15) is 12.6 Å². The van der Waals surface area contributed by atoms with Crippen LogP contribution in [-0.4, -0.2) is 49.5 Å². The normalized spacial score (nSPS) is 12.9. The van der Waals surface area contributed by atoms with Crippen molar-refractivity contribution in [1.29, 1.82) is 0 Å². The molecule has 0 aliphatic rings. The van der Waals surface area contributed by atoms with Crippen molar-refractivity contribution in [2.75, 3.05) is 17.1 Å². The first-order chi connectivity index (χ1) is 19.9. The van der Waals surface area contributed by atoms with Crippen molar-refractivity contribution in [3.05, 3.63) is 99.5 Å². The molecule has 7 nitrogen and oxygen atoms in total. The predicted octanol–water partition coefficient (Wildman–Crippen LogP) is 6.61. The van der Waals surface area contributed by atoms with Crippen molar-refractivity contribution in [3.8, 4) is 0 Å². The number of halogens is 2. The largest absolute Gasteiger partial charge is 0.350 e. The Morgan fingerprint density at radius 1 is 0.837 bits per heavy atom. The molecular weight excluding hydrogens is 605 g/mol. The van der Waals surface area contributed by atoms with Crippen LogP contribution in [-0.2, 0) is 38.0 Å². The SMILES string of the molecule is CC(C)(C)NC(=O)[C@@H](Cc1ccccc1)N(Cc1c(Cl)cccc1Cl)C(=O)CN(c1ccc(C(C)(C)C)cc1)S(C)(=O)=O. The van der Waals surface area contributed by atoms with E-state index in [1.165, 1.54) is 4.90 Å². The van der Waals surface area contributed by atoms with E-state index in [4.69, 9.17) is 23.2 Å². The first-order valence-corrected chi connectivity index (χ1v) is 16.6. The van der Waals surface area contributed by atoms with Crippen LogP contribution in [0.2, 0.25) is 10.0 Å². The van der Waals surface area contributed by atoms with Crippen LogP contribution in [0.5, 0.6) is 0 Å². The van der Waals surface area contributed by atoms with Gasteiger partial charge in [0, 0.05) is 34.1 Å². The lowest BCUT2D eigenvalue weighted by Gasteiger charge is -2.35. The minimum absolute atomic E-state index is 0.104. The van der Waals surface area contributed by atoms with Gasteiger partial charge in [0.15, 0.2) is 0 Å². The van der Waals surface area contributed by atoms with E-state index in [0.29, 0.717) is 21.3 Å². The molecule has 10 heteroatoms. The summed E-state index contributed by atoms with van der Waals surface area (Å²) in [5.74, 6) is -0.959. The summed E-state index contributed by atoms with van der Waals surface area (Å²) in [4.78, 5) is 29.5. The Kier molecular flexibility index (Phi) is 11.0. The van der Waals surface area contributed by atoms with E-state index in [-0.39, 0.29) is 24.3 Å². The molecule has 1 atom stereocenters. The van der Waals surface area contributed by atoms with Crippen LogP contribution in [0.3, 0.4) is 0 Å². The second-order valence-corrected chi connectivity index (χ2v) is 15.5. The molecule has 0 bridgehead atoms. The van der Waals surface area contributed by atoms with Crippen LogP contribution in [0.4, 0.5) is 5.69 Å². The van der Waals surface area contributed by atoms with Crippen molar-refractivity contribution in [2.24, 2.45) is 0 Å². The van der Waals surface area contributed by atoms with Gasteiger partial charge in [0.2, 0.25) is 21.8 Å². The summed E-state index contributed by atoms with van der Waals surface area (Å²) in [6, 6.07) is 20.5. The number of carbonyl (C=O) groups is 2. The Balaban J connectivity index is 2.11. The molecule has 0 saturated heterocycles. The molecule has 0 unspecified atom stereocenters. The first-order valence-electron chi connectivity index (χ1n) is 14.0. The molecule has 0 aliphatic carbocycles. The molecule has 0 saturated carbocycles. The molecule has 3 aromatic rings. The van der Waals surface area contributed by atoms with Crippen LogP contribution < -0.4 is 9.62 Å². The molecule has 0 aromatic heterocycles. The third kappa shape index (κ3) is 9.71. The Morgan fingerprint density at radius 2 is 1.40 bits per heavy atom. The summed E-state index contributed by atoms with van der Waals surface area (Å²) < 4.78 is 27.2. The Hall–Kier alpha value is -3.07. The molecule has 0 fully saturated rings. The summed E-state index contributed by atoms with van der Waals surface area (Å²) in [6.45, 7) is 11.1. The zero-order valence-corrected chi connectivity index (χ0v) is 28.1. The lowest BCUT2D eigenvalue weighted by atomic mass is 9.87.